The minimum absolute atomic E-state index is 0.0886. The molecule has 0 atom stereocenters. The SMILES string of the molecule is CC(C)(C)OC(=O)NCC#Cc1ccc([N+](=O)[O-])cc1N. The number of hydrogen-bond acceptors (Lipinski definition) is 5. The molecule has 0 spiro atoms. The van der Waals surface area contributed by atoms with Crippen molar-refractivity contribution in [3.63, 3.8) is 0 Å². The summed E-state index contributed by atoms with van der Waals surface area (Å²) in [6.07, 6.45) is -0.562. The van der Waals surface area contributed by atoms with Crippen LogP contribution in [-0.4, -0.2) is 23.2 Å². The number of nitrogens with two attached hydrogens (primary N) is 1. The van der Waals surface area contributed by atoms with Crippen LogP contribution in [0, 0.1) is 22.0 Å². The number of nitro groups is 1. The van der Waals surface area contributed by atoms with Gasteiger partial charge in [-0.3, -0.25) is 10.1 Å². The van der Waals surface area contributed by atoms with Gasteiger partial charge >= 0.3 is 6.09 Å². The van der Waals surface area contributed by atoms with E-state index in [-0.39, 0.29) is 17.9 Å². The zero-order chi connectivity index (χ0) is 16.0. The van der Waals surface area contributed by atoms with Crippen LogP contribution >= 0.6 is 0 Å². The average molecular weight is 291 g/mol. The molecule has 112 valence electrons. The molecular weight excluding hydrogens is 274 g/mol. The number of ether oxygens (including phenoxy) is 1. The van der Waals surface area contributed by atoms with Crippen LogP contribution in [-0.2, 0) is 4.74 Å². The van der Waals surface area contributed by atoms with Crippen molar-refractivity contribution in [3.05, 3.63) is 33.9 Å². The number of nitrogens with zero attached hydrogens (tertiary/aromatic N) is 1. The fraction of sp³-hybridized carbons (Fsp3) is 0.357. The number of hydrogen-bond donors (Lipinski definition) is 2. The summed E-state index contributed by atoms with van der Waals surface area (Å²) in [5, 5.41) is 13.0. The van der Waals surface area contributed by atoms with Gasteiger partial charge in [-0.1, -0.05) is 11.8 Å². The predicted molar refractivity (Wildman–Crippen MR) is 78.6 cm³/mol. The normalized spacial score (nSPS) is 10.2. The molecule has 0 heterocycles. The summed E-state index contributed by atoms with van der Waals surface area (Å²) in [6, 6.07) is 4.03. The predicted octanol–water partition coefficient (Wildman–Crippen LogP) is 2.05. The van der Waals surface area contributed by atoms with Crippen LogP contribution in [0.4, 0.5) is 16.2 Å². The Morgan fingerprint density at radius 1 is 1.48 bits per heavy atom. The summed E-state index contributed by atoms with van der Waals surface area (Å²) < 4.78 is 5.04. The molecule has 3 N–H and O–H groups in total. The number of non-ortho nitro benzene ring substituents is 1. The van der Waals surface area contributed by atoms with Gasteiger partial charge in [0, 0.05) is 17.7 Å². The van der Waals surface area contributed by atoms with Crippen LogP contribution in [0.3, 0.4) is 0 Å². The quantitative estimate of drug-likeness (QED) is 0.375. The van der Waals surface area contributed by atoms with Gasteiger partial charge in [-0.15, -0.1) is 0 Å². The number of rotatable bonds is 2. The van der Waals surface area contributed by atoms with Crippen LogP contribution in [0.25, 0.3) is 0 Å². The van der Waals surface area contributed by atoms with E-state index in [2.05, 4.69) is 17.2 Å². The van der Waals surface area contributed by atoms with Gasteiger partial charge < -0.3 is 15.8 Å². The lowest BCUT2D eigenvalue weighted by Gasteiger charge is -2.19. The number of carbonyl (C=O) groups is 1. The van der Waals surface area contributed by atoms with Crippen molar-refractivity contribution in [1.29, 1.82) is 0 Å². The molecule has 0 aliphatic heterocycles. The summed E-state index contributed by atoms with van der Waals surface area (Å²) in [6.45, 7) is 5.37. The van der Waals surface area contributed by atoms with Crippen LogP contribution < -0.4 is 11.1 Å². The minimum Gasteiger partial charge on any atom is -0.444 e. The topological polar surface area (TPSA) is 107 Å². The maximum Gasteiger partial charge on any atom is 0.408 e. The van der Waals surface area contributed by atoms with E-state index in [0.717, 1.165) is 0 Å². The highest BCUT2D eigenvalue weighted by molar-refractivity contribution is 5.68. The third-order valence-corrected chi connectivity index (χ3v) is 2.19. The standard InChI is InChI=1S/C14H17N3O4/c1-14(2,3)21-13(18)16-8-4-5-10-6-7-11(17(19)20)9-12(10)15/h6-7,9H,8,15H2,1-3H3,(H,16,18). The van der Waals surface area contributed by atoms with Crippen molar-refractivity contribution >= 4 is 17.5 Å². The van der Waals surface area contributed by atoms with E-state index in [0.29, 0.717) is 5.56 Å². The maximum atomic E-state index is 11.4. The number of benzene rings is 1. The van der Waals surface area contributed by atoms with Gasteiger partial charge in [0.2, 0.25) is 0 Å². The second-order valence-electron chi connectivity index (χ2n) is 5.19. The maximum absolute atomic E-state index is 11.4. The lowest BCUT2D eigenvalue weighted by Crippen LogP contribution is -2.32. The molecule has 7 nitrogen and oxygen atoms in total. The molecule has 0 fully saturated rings. The number of alkyl carbamates (subject to hydrolysis) is 1. The molecule has 0 saturated carbocycles. The fourth-order valence-electron chi connectivity index (χ4n) is 1.35. The Hall–Kier alpha value is -2.75. The molecule has 1 rings (SSSR count). The fourth-order valence-corrected chi connectivity index (χ4v) is 1.35. The smallest absolute Gasteiger partial charge is 0.408 e. The molecule has 21 heavy (non-hydrogen) atoms. The average Bonchev–Trinajstić information content (AvgIpc) is 2.33. The van der Waals surface area contributed by atoms with Gasteiger partial charge in [0.05, 0.1) is 17.2 Å². The number of carbonyl (C=O) groups excluding carboxylic acids is 1. The Balaban J connectivity index is 2.60. The van der Waals surface area contributed by atoms with Crippen molar-refractivity contribution in [2.75, 3.05) is 12.3 Å². The van der Waals surface area contributed by atoms with E-state index in [1.54, 1.807) is 20.8 Å². The Bertz CT molecular complexity index is 609. The zero-order valence-electron chi connectivity index (χ0n) is 12.1. The van der Waals surface area contributed by atoms with Gasteiger partial charge in [0.1, 0.15) is 5.60 Å². The molecule has 0 saturated heterocycles. The molecule has 0 unspecified atom stereocenters. The monoisotopic (exact) mass is 291 g/mol. The Labute approximate surface area is 122 Å². The van der Waals surface area contributed by atoms with Gasteiger partial charge in [-0.25, -0.2) is 4.79 Å². The van der Waals surface area contributed by atoms with Gasteiger partial charge in [0.25, 0.3) is 5.69 Å². The Morgan fingerprint density at radius 2 is 2.14 bits per heavy atom. The highest BCUT2D eigenvalue weighted by Crippen LogP contribution is 2.18. The first-order valence-corrected chi connectivity index (χ1v) is 6.18. The summed E-state index contributed by atoms with van der Waals surface area (Å²) >= 11 is 0. The van der Waals surface area contributed by atoms with Crippen LogP contribution in [0.1, 0.15) is 26.3 Å². The highest BCUT2D eigenvalue weighted by atomic mass is 16.6. The van der Waals surface area contributed by atoms with E-state index < -0.39 is 16.6 Å². The van der Waals surface area contributed by atoms with E-state index in [1.165, 1.54) is 18.2 Å². The highest BCUT2D eigenvalue weighted by Gasteiger charge is 2.15. The van der Waals surface area contributed by atoms with Crippen molar-refractivity contribution < 1.29 is 14.5 Å². The van der Waals surface area contributed by atoms with Gasteiger partial charge in [-0.05, 0) is 26.8 Å². The van der Waals surface area contributed by atoms with Crippen LogP contribution in [0.5, 0.6) is 0 Å². The second-order valence-corrected chi connectivity index (χ2v) is 5.19. The van der Waals surface area contributed by atoms with Gasteiger partial charge in [-0.2, -0.15) is 0 Å². The Kier molecular flexibility index (Phi) is 5.13. The van der Waals surface area contributed by atoms with Gasteiger partial charge in [0.15, 0.2) is 0 Å². The second kappa shape index (κ2) is 6.61. The van der Waals surface area contributed by atoms with Crippen molar-refractivity contribution in [2.24, 2.45) is 0 Å². The Morgan fingerprint density at radius 3 is 2.67 bits per heavy atom. The number of anilines is 1. The number of nitrogens with one attached hydrogen (secondary N) is 1. The summed E-state index contributed by atoms with van der Waals surface area (Å²) in [5.41, 5.74) is 5.68. The van der Waals surface area contributed by atoms with E-state index in [4.69, 9.17) is 10.5 Å². The first-order valence-electron chi connectivity index (χ1n) is 6.18. The molecule has 0 aliphatic rings. The number of nitro benzene ring substituents is 1. The van der Waals surface area contributed by atoms with Crippen molar-refractivity contribution in [1.82, 2.24) is 5.32 Å². The molecular formula is C14H17N3O4. The van der Waals surface area contributed by atoms with E-state index in [1.807, 2.05) is 0 Å². The molecule has 0 bridgehead atoms. The van der Waals surface area contributed by atoms with Crippen molar-refractivity contribution in [3.8, 4) is 11.8 Å². The molecule has 7 heteroatoms. The first kappa shape index (κ1) is 16.3. The zero-order valence-corrected chi connectivity index (χ0v) is 12.1. The third-order valence-electron chi connectivity index (χ3n) is 2.19. The van der Waals surface area contributed by atoms with E-state index in [9.17, 15) is 14.9 Å². The van der Waals surface area contributed by atoms with Crippen molar-refractivity contribution in [2.45, 2.75) is 26.4 Å². The third kappa shape index (κ3) is 5.82. The number of amides is 1. The molecule has 0 aromatic heterocycles. The summed E-state index contributed by atoms with van der Waals surface area (Å²) in [7, 11) is 0. The molecule has 0 radical (unpaired) electrons. The minimum atomic E-state index is -0.569. The lowest BCUT2D eigenvalue weighted by atomic mass is 10.1. The molecule has 1 aromatic carbocycles. The number of nitrogen functional groups attached to an aromatic ring is 1. The lowest BCUT2D eigenvalue weighted by molar-refractivity contribution is -0.384. The molecule has 1 amide bonds. The largest absolute Gasteiger partial charge is 0.444 e. The van der Waals surface area contributed by atoms with Crippen LogP contribution in [0.2, 0.25) is 0 Å². The van der Waals surface area contributed by atoms with Crippen LogP contribution in [0.15, 0.2) is 18.2 Å². The van der Waals surface area contributed by atoms with E-state index >= 15 is 0 Å². The molecule has 1 aromatic rings. The first-order chi connectivity index (χ1) is 9.69. The summed E-state index contributed by atoms with van der Waals surface area (Å²) in [4.78, 5) is 21.4. The summed E-state index contributed by atoms with van der Waals surface area (Å²) in [5.74, 6) is 5.43. The molecule has 0 aliphatic carbocycles.